The van der Waals surface area contributed by atoms with Gasteiger partial charge in [-0.25, -0.2) is 0 Å². The summed E-state index contributed by atoms with van der Waals surface area (Å²) < 4.78 is 0. The van der Waals surface area contributed by atoms with Gasteiger partial charge in [-0.2, -0.15) is 0 Å². The van der Waals surface area contributed by atoms with E-state index in [1.807, 2.05) is 12.3 Å². The Labute approximate surface area is 133 Å². The molecule has 0 aromatic heterocycles. The SMILES string of the molecule is CNC(=O)C1CNCCN1C(=O)c1cc(SC)ccc1Cl. The number of piperazine rings is 1. The van der Waals surface area contributed by atoms with Crippen molar-refractivity contribution in [3.05, 3.63) is 28.8 Å². The molecule has 1 aliphatic rings. The Morgan fingerprint density at radius 2 is 2.24 bits per heavy atom. The monoisotopic (exact) mass is 327 g/mol. The van der Waals surface area contributed by atoms with Crippen LogP contribution in [0, 0.1) is 0 Å². The highest BCUT2D eigenvalue weighted by Gasteiger charge is 2.32. The molecule has 21 heavy (non-hydrogen) atoms. The first-order chi connectivity index (χ1) is 10.1. The summed E-state index contributed by atoms with van der Waals surface area (Å²) in [6.45, 7) is 1.60. The third kappa shape index (κ3) is 3.51. The summed E-state index contributed by atoms with van der Waals surface area (Å²) in [5, 5.41) is 6.14. The van der Waals surface area contributed by atoms with Crippen LogP contribution in [0.1, 0.15) is 10.4 Å². The fourth-order valence-electron chi connectivity index (χ4n) is 2.30. The molecule has 1 aromatic rings. The van der Waals surface area contributed by atoms with E-state index in [0.29, 0.717) is 30.2 Å². The van der Waals surface area contributed by atoms with E-state index in [2.05, 4.69) is 10.6 Å². The molecule has 114 valence electrons. The van der Waals surface area contributed by atoms with Crippen LogP contribution >= 0.6 is 23.4 Å². The third-order valence-corrected chi connectivity index (χ3v) is 4.51. The predicted molar refractivity (Wildman–Crippen MR) is 85.0 cm³/mol. The van der Waals surface area contributed by atoms with Crippen LogP contribution in [-0.4, -0.2) is 55.7 Å². The summed E-state index contributed by atoms with van der Waals surface area (Å²) in [6, 6.07) is 4.86. The minimum Gasteiger partial charge on any atom is -0.357 e. The van der Waals surface area contributed by atoms with E-state index in [1.165, 1.54) is 0 Å². The molecule has 1 saturated heterocycles. The molecule has 1 atom stereocenters. The van der Waals surface area contributed by atoms with E-state index >= 15 is 0 Å². The molecular formula is C14H18ClN3O2S. The summed E-state index contributed by atoms with van der Waals surface area (Å²) in [5.41, 5.74) is 0.444. The Hall–Kier alpha value is -1.24. The molecule has 1 aliphatic heterocycles. The maximum atomic E-state index is 12.7. The van der Waals surface area contributed by atoms with E-state index in [-0.39, 0.29) is 11.8 Å². The fraction of sp³-hybridized carbons (Fsp3) is 0.429. The van der Waals surface area contributed by atoms with Gasteiger partial charge in [0, 0.05) is 31.6 Å². The van der Waals surface area contributed by atoms with Crippen LogP contribution in [0.5, 0.6) is 0 Å². The van der Waals surface area contributed by atoms with E-state index in [1.54, 1.807) is 35.8 Å². The Bertz CT molecular complexity index is 553. The van der Waals surface area contributed by atoms with E-state index in [0.717, 1.165) is 4.90 Å². The first-order valence-corrected chi connectivity index (χ1v) is 8.25. The number of carbonyl (C=O) groups is 2. The van der Waals surface area contributed by atoms with Crippen molar-refractivity contribution in [3.63, 3.8) is 0 Å². The highest BCUT2D eigenvalue weighted by Crippen LogP contribution is 2.25. The van der Waals surface area contributed by atoms with Gasteiger partial charge in [-0.3, -0.25) is 9.59 Å². The number of nitrogens with one attached hydrogen (secondary N) is 2. The second-order valence-electron chi connectivity index (χ2n) is 4.68. The van der Waals surface area contributed by atoms with Gasteiger partial charge in [0.25, 0.3) is 5.91 Å². The fourth-order valence-corrected chi connectivity index (χ4v) is 2.94. The number of thioether (sulfide) groups is 1. The van der Waals surface area contributed by atoms with Gasteiger partial charge in [0.15, 0.2) is 0 Å². The molecule has 0 bridgehead atoms. The van der Waals surface area contributed by atoms with Gasteiger partial charge in [-0.1, -0.05) is 11.6 Å². The van der Waals surface area contributed by atoms with Gasteiger partial charge in [0.1, 0.15) is 6.04 Å². The zero-order valence-electron chi connectivity index (χ0n) is 12.0. The summed E-state index contributed by atoms with van der Waals surface area (Å²) in [6.07, 6.45) is 1.94. The number of benzene rings is 1. The Morgan fingerprint density at radius 1 is 1.48 bits per heavy atom. The molecule has 7 heteroatoms. The van der Waals surface area contributed by atoms with E-state index in [9.17, 15) is 9.59 Å². The Balaban J connectivity index is 2.30. The number of nitrogens with zero attached hydrogens (tertiary/aromatic N) is 1. The third-order valence-electron chi connectivity index (χ3n) is 3.46. The standard InChI is InChI=1S/C14H18ClN3O2S/c1-16-13(19)12-8-17-5-6-18(12)14(20)10-7-9(21-2)3-4-11(10)15/h3-4,7,12,17H,5-6,8H2,1-2H3,(H,16,19). The molecule has 0 saturated carbocycles. The number of rotatable bonds is 3. The van der Waals surface area contributed by atoms with Crippen LogP contribution in [0.15, 0.2) is 23.1 Å². The van der Waals surface area contributed by atoms with Crippen molar-refractivity contribution < 1.29 is 9.59 Å². The predicted octanol–water partition coefficient (Wildman–Crippen LogP) is 1.22. The first kappa shape index (κ1) is 16.1. The van der Waals surface area contributed by atoms with Crippen LogP contribution < -0.4 is 10.6 Å². The number of likely N-dealkylation sites (N-methyl/N-ethyl adjacent to an activating group) is 1. The van der Waals surface area contributed by atoms with Crippen LogP contribution in [0.25, 0.3) is 0 Å². The summed E-state index contributed by atoms with van der Waals surface area (Å²) in [4.78, 5) is 27.2. The normalized spacial score (nSPS) is 18.4. The molecule has 1 heterocycles. The van der Waals surface area contributed by atoms with Crippen molar-refractivity contribution >= 4 is 35.2 Å². The zero-order valence-corrected chi connectivity index (χ0v) is 13.6. The summed E-state index contributed by atoms with van der Waals surface area (Å²) >= 11 is 7.70. The van der Waals surface area contributed by atoms with E-state index in [4.69, 9.17) is 11.6 Å². The molecule has 1 aromatic carbocycles. The number of amides is 2. The lowest BCUT2D eigenvalue weighted by molar-refractivity contribution is -0.125. The van der Waals surface area contributed by atoms with Crippen molar-refractivity contribution in [2.45, 2.75) is 10.9 Å². The second-order valence-corrected chi connectivity index (χ2v) is 5.97. The zero-order chi connectivity index (χ0) is 15.4. The van der Waals surface area contributed by atoms with Gasteiger partial charge >= 0.3 is 0 Å². The van der Waals surface area contributed by atoms with Crippen LogP contribution in [-0.2, 0) is 4.79 Å². The van der Waals surface area contributed by atoms with Crippen molar-refractivity contribution in [2.75, 3.05) is 32.9 Å². The molecule has 2 amide bonds. The van der Waals surface area contributed by atoms with Crippen LogP contribution in [0.4, 0.5) is 0 Å². The van der Waals surface area contributed by atoms with Crippen molar-refractivity contribution in [1.82, 2.24) is 15.5 Å². The average Bonchev–Trinajstić information content (AvgIpc) is 2.54. The number of halogens is 1. The van der Waals surface area contributed by atoms with Gasteiger partial charge in [0.05, 0.1) is 10.6 Å². The molecule has 2 rings (SSSR count). The lowest BCUT2D eigenvalue weighted by atomic mass is 10.1. The van der Waals surface area contributed by atoms with Gasteiger partial charge < -0.3 is 15.5 Å². The Morgan fingerprint density at radius 3 is 2.90 bits per heavy atom. The highest BCUT2D eigenvalue weighted by molar-refractivity contribution is 7.98. The molecular weight excluding hydrogens is 310 g/mol. The van der Waals surface area contributed by atoms with Gasteiger partial charge in [0.2, 0.25) is 5.91 Å². The number of hydrogen-bond acceptors (Lipinski definition) is 4. The average molecular weight is 328 g/mol. The summed E-state index contributed by atoms with van der Waals surface area (Å²) in [7, 11) is 1.57. The minimum atomic E-state index is -0.509. The maximum Gasteiger partial charge on any atom is 0.256 e. The first-order valence-electron chi connectivity index (χ1n) is 6.65. The molecule has 1 unspecified atom stereocenters. The summed E-state index contributed by atoms with van der Waals surface area (Å²) in [5.74, 6) is -0.376. The molecule has 2 N–H and O–H groups in total. The highest BCUT2D eigenvalue weighted by atomic mass is 35.5. The quantitative estimate of drug-likeness (QED) is 0.820. The molecule has 1 fully saturated rings. The van der Waals surface area contributed by atoms with Crippen molar-refractivity contribution in [1.29, 1.82) is 0 Å². The van der Waals surface area contributed by atoms with Crippen LogP contribution in [0.2, 0.25) is 5.02 Å². The van der Waals surface area contributed by atoms with E-state index < -0.39 is 6.04 Å². The van der Waals surface area contributed by atoms with Gasteiger partial charge in [-0.05, 0) is 24.5 Å². The van der Waals surface area contributed by atoms with Crippen LogP contribution in [0.3, 0.4) is 0 Å². The number of hydrogen-bond donors (Lipinski definition) is 2. The lowest BCUT2D eigenvalue weighted by Crippen LogP contribution is -2.59. The smallest absolute Gasteiger partial charge is 0.256 e. The molecule has 5 nitrogen and oxygen atoms in total. The Kier molecular flexibility index (Phi) is 5.50. The topological polar surface area (TPSA) is 61.4 Å². The maximum absolute atomic E-state index is 12.7. The lowest BCUT2D eigenvalue weighted by Gasteiger charge is -2.35. The molecule has 0 aliphatic carbocycles. The molecule has 0 spiro atoms. The number of carbonyl (C=O) groups excluding carboxylic acids is 2. The molecule has 0 radical (unpaired) electrons. The largest absolute Gasteiger partial charge is 0.357 e. The van der Waals surface area contributed by atoms with Crippen molar-refractivity contribution in [2.24, 2.45) is 0 Å². The van der Waals surface area contributed by atoms with Crippen molar-refractivity contribution in [3.8, 4) is 0 Å². The van der Waals surface area contributed by atoms with Gasteiger partial charge in [-0.15, -0.1) is 11.8 Å². The minimum absolute atomic E-state index is 0.173. The second kappa shape index (κ2) is 7.15.